The number of hydrogen-bond acceptors (Lipinski definition) is 4. The van der Waals surface area contributed by atoms with Gasteiger partial charge < -0.3 is 10.1 Å². The second kappa shape index (κ2) is 6.14. The number of rotatable bonds is 4. The van der Waals surface area contributed by atoms with E-state index in [2.05, 4.69) is 15.3 Å². The Morgan fingerprint density at radius 1 is 1.15 bits per heavy atom. The molecular formula is C15H17N3O2. The van der Waals surface area contributed by atoms with E-state index >= 15 is 0 Å². The molecule has 1 amide bonds. The minimum absolute atomic E-state index is 0.279. The van der Waals surface area contributed by atoms with E-state index in [1.165, 1.54) is 12.4 Å². The van der Waals surface area contributed by atoms with E-state index in [-0.39, 0.29) is 11.6 Å². The van der Waals surface area contributed by atoms with Crippen LogP contribution in [-0.4, -0.2) is 22.5 Å². The van der Waals surface area contributed by atoms with Gasteiger partial charge in [-0.15, -0.1) is 0 Å². The number of nitrogens with one attached hydrogen (secondary N) is 1. The molecule has 0 aliphatic carbocycles. The molecule has 0 aliphatic rings. The summed E-state index contributed by atoms with van der Waals surface area (Å²) in [6.45, 7) is 6.33. The molecule has 0 fully saturated rings. The predicted molar refractivity (Wildman–Crippen MR) is 77.1 cm³/mol. The number of aromatic nitrogens is 2. The van der Waals surface area contributed by atoms with Crippen LogP contribution in [0, 0.1) is 13.8 Å². The summed E-state index contributed by atoms with van der Waals surface area (Å²) in [6, 6.07) is 7.40. The van der Waals surface area contributed by atoms with Gasteiger partial charge in [0, 0.05) is 11.8 Å². The third-order valence-corrected chi connectivity index (χ3v) is 2.65. The molecule has 0 radical (unpaired) electrons. The van der Waals surface area contributed by atoms with Crippen LogP contribution in [-0.2, 0) is 0 Å². The van der Waals surface area contributed by atoms with Gasteiger partial charge in [-0.2, -0.15) is 0 Å². The van der Waals surface area contributed by atoms with Crippen LogP contribution in [0.3, 0.4) is 0 Å². The lowest BCUT2D eigenvalue weighted by Gasteiger charge is -2.08. The van der Waals surface area contributed by atoms with E-state index in [0.29, 0.717) is 12.5 Å². The summed E-state index contributed by atoms with van der Waals surface area (Å²) < 4.78 is 5.25. The molecule has 5 nitrogen and oxygen atoms in total. The van der Waals surface area contributed by atoms with Gasteiger partial charge in [0.25, 0.3) is 5.91 Å². The third kappa shape index (κ3) is 3.54. The highest BCUT2D eigenvalue weighted by molar-refractivity contribution is 6.03. The van der Waals surface area contributed by atoms with Crippen molar-refractivity contribution in [2.75, 3.05) is 11.9 Å². The minimum Gasteiger partial charge on any atom is -0.478 e. The fourth-order valence-corrected chi connectivity index (χ4v) is 1.93. The summed E-state index contributed by atoms with van der Waals surface area (Å²) >= 11 is 0. The van der Waals surface area contributed by atoms with Gasteiger partial charge in [0.1, 0.15) is 12.0 Å². The molecule has 0 spiro atoms. The molecule has 2 aromatic rings. The van der Waals surface area contributed by atoms with E-state index in [9.17, 15) is 4.79 Å². The zero-order valence-electron chi connectivity index (χ0n) is 11.8. The van der Waals surface area contributed by atoms with Gasteiger partial charge in [-0.25, -0.2) is 9.97 Å². The molecule has 1 N–H and O–H groups in total. The van der Waals surface area contributed by atoms with Crippen molar-refractivity contribution in [1.82, 2.24) is 9.97 Å². The SMILES string of the molecule is CCOc1cc(C(=O)Nc2cc(C)cc(C)c2)ncn1. The predicted octanol–water partition coefficient (Wildman–Crippen LogP) is 2.74. The number of carbonyl (C=O) groups excluding carboxylic acids is 1. The van der Waals surface area contributed by atoms with Crippen LogP contribution in [0.25, 0.3) is 0 Å². The summed E-state index contributed by atoms with van der Waals surface area (Å²) in [4.78, 5) is 20.0. The summed E-state index contributed by atoms with van der Waals surface area (Å²) in [5.41, 5.74) is 3.22. The van der Waals surface area contributed by atoms with Crippen molar-refractivity contribution < 1.29 is 9.53 Å². The number of hydrogen-bond donors (Lipinski definition) is 1. The van der Waals surface area contributed by atoms with Crippen molar-refractivity contribution in [2.45, 2.75) is 20.8 Å². The Morgan fingerprint density at radius 2 is 1.85 bits per heavy atom. The molecule has 1 heterocycles. The molecule has 0 atom stereocenters. The number of nitrogens with zero attached hydrogens (tertiary/aromatic N) is 2. The van der Waals surface area contributed by atoms with E-state index in [0.717, 1.165) is 16.8 Å². The Morgan fingerprint density at radius 3 is 2.50 bits per heavy atom. The largest absolute Gasteiger partial charge is 0.478 e. The van der Waals surface area contributed by atoms with E-state index < -0.39 is 0 Å². The summed E-state index contributed by atoms with van der Waals surface area (Å²) in [5.74, 6) is 0.117. The molecule has 0 saturated carbocycles. The average Bonchev–Trinajstić information content (AvgIpc) is 2.38. The molecule has 0 aliphatic heterocycles. The first-order chi connectivity index (χ1) is 9.58. The van der Waals surface area contributed by atoms with Gasteiger partial charge in [-0.1, -0.05) is 6.07 Å². The van der Waals surface area contributed by atoms with Crippen LogP contribution in [0.5, 0.6) is 5.88 Å². The first-order valence-electron chi connectivity index (χ1n) is 6.43. The molecule has 5 heteroatoms. The number of carbonyl (C=O) groups is 1. The lowest BCUT2D eigenvalue weighted by Crippen LogP contribution is -2.14. The van der Waals surface area contributed by atoms with Crippen molar-refractivity contribution in [3.8, 4) is 5.88 Å². The van der Waals surface area contributed by atoms with E-state index in [1.54, 1.807) is 0 Å². The van der Waals surface area contributed by atoms with Gasteiger partial charge in [-0.05, 0) is 44.0 Å². The van der Waals surface area contributed by atoms with Crippen LogP contribution in [0.15, 0.2) is 30.6 Å². The first-order valence-corrected chi connectivity index (χ1v) is 6.43. The lowest BCUT2D eigenvalue weighted by molar-refractivity contribution is 0.102. The molecule has 104 valence electrons. The second-order valence-electron chi connectivity index (χ2n) is 4.51. The molecular weight excluding hydrogens is 254 g/mol. The van der Waals surface area contributed by atoms with Crippen molar-refractivity contribution in [2.24, 2.45) is 0 Å². The Labute approximate surface area is 118 Å². The molecule has 2 rings (SSSR count). The maximum absolute atomic E-state index is 12.1. The van der Waals surface area contributed by atoms with Crippen molar-refractivity contribution in [3.63, 3.8) is 0 Å². The van der Waals surface area contributed by atoms with Crippen LogP contribution in [0.4, 0.5) is 5.69 Å². The van der Waals surface area contributed by atoms with Gasteiger partial charge in [0.15, 0.2) is 0 Å². The fraction of sp³-hybridized carbons (Fsp3) is 0.267. The number of amides is 1. The van der Waals surface area contributed by atoms with Crippen molar-refractivity contribution in [3.05, 3.63) is 47.4 Å². The smallest absolute Gasteiger partial charge is 0.274 e. The topological polar surface area (TPSA) is 64.1 Å². The molecule has 1 aromatic carbocycles. The Bertz CT molecular complexity index is 606. The van der Waals surface area contributed by atoms with Crippen molar-refractivity contribution >= 4 is 11.6 Å². The van der Waals surface area contributed by atoms with Gasteiger partial charge >= 0.3 is 0 Å². The monoisotopic (exact) mass is 271 g/mol. The maximum atomic E-state index is 12.1. The number of benzene rings is 1. The summed E-state index contributed by atoms with van der Waals surface area (Å²) in [7, 11) is 0. The normalized spacial score (nSPS) is 10.2. The maximum Gasteiger partial charge on any atom is 0.274 e. The summed E-state index contributed by atoms with van der Waals surface area (Å²) in [6.07, 6.45) is 1.32. The first kappa shape index (κ1) is 14.0. The van der Waals surface area contributed by atoms with Crippen LogP contribution in [0.1, 0.15) is 28.5 Å². The number of anilines is 1. The Kier molecular flexibility index (Phi) is 4.30. The highest BCUT2D eigenvalue weighted by atomic mass is 16.5. The van der Waals surface area contributed by atoms with Gasteiger partial charge in [-0.3, -0.25) is 4.79 Å². The molecule has 0 saturated heterocycles. The summed E-state index contributed by atoms with van der Waals surface area (Å²) in [5, 5.41) is 2.82. The van der Waals surface area contributed by atoms with E-state index in [4.69, 9.17) is 4.74 Å². The minimum atomic E-state index is -0.279. The highest BCUT2D eigenvalue weighted by Gasteiger charge is 2.10. The van der Waals surface area contributed by atoms with Crippen LogP contribution < -0.4 is 10.1 Å². The third-order valence-electron chi connectivity index (χ3n) is 2.65. The fourth-order valence-electron chi connectivity index (χ4n) is 1.93. The Hall–Kier alpha value is -2.43. The van der Waals surface area contributed by atoms with Crippen molar-refractivity contribution in [1.29, 1.82) is 0 Å². The zero-order chi connectivity index (χ0) is 14.5. The van der Waals surface area contributed by atoms with Crippen LogP contribution >= 0.6 is 0 Å². The molecule has 0 unspecified atom stereocenters. The second-order valence-corrected chi connectivity index (χ2v) is 4.51. The molecule has 0 bridgehead atoms. The van der Waals surface area contributed by atoms with E-state index in [1.807, 2.05) is 39.0 Å². The zero-order valence-corrected chi connectivity index (χ0v) is 11.8. The average molecular weight is 271 g/mol. The number of ether oxygens (including phenoxy) is 1. The molecule has 20 heavy (non-hydrogen) atoms. The molecule has 1 aromatic heterocycles. The Balaban J connectivity index is 2.17. The van der Waals surface area contributed by atoms with Gasteiger partial charge in [0.05, 0.1) is 6.61 Å². The lowest BCUT2D eigenvalue weighted by atomic mass is 10.1. The highest BCUT2D eigenvalue weighted by Crippen LogP contribution is 2.15. The quantitative estimate of drug-likeness (QED) is 0.928. The van der Waals surface area contributed by atoms with Gasteiger partial charge in [0.2, 0.25) is 5.88 Å². The standard InChI is InChI=1S/C15H17N3O2/c1-4-20-14-8-13(16-9-17-14)15(19)18-12-6-10(2)5-11(3)7-12/h5-9H,4H2,1-3H3,(H,18,19). The number of aryl methyl sites for hydroxylation is 2. The van der Waals surface area contributed by atoms with Crippen LogP contribution in [0.2, 0.25) is 0 Å².